The minimum atomic E-state index is -0.212. The van der Waals surface area contributed by atoms with E-state index in [1.54, 1.807) is 6.20 Å². The lowest BCUT2D eigenvalue weighted by Crippen LogP contribution is -2.27. The molecular formula is C14H15N3O. The number of nitrogens with one attached hydrogen (secondary N) is 1. The zero-order valence-corrected chi connectivity index (χ0v) is 10.4. The van der Waals surface area contributed by atoms with Gasteiger partial charge in [-0.2, -0.15) is 0 Å². The molecule has 0 radical (unpaired) electrons. The zero-order chi connectivity index (χ0) is 13.0. The first-order chi connectivity index (χ1) is 8.66. The third kappa shape index (κ3) is 2.91. The standard InChI is InChI=1S/C14H15N3O/c1-10-3-5-12(6-4-10)11(2)17-14(18)13-9-15-7-8-16-13/h3-9,11H,1-2H3,(H,17,18). The molecule has 0 saturated heterocycles. The molecule has 18 heavy (non-hydrogen) atoms. The molecule has 1 atom stereocenters. The number of rotatable bonds is 3. The molecule has 92 valence electrons. The molecule has 4 heteroatoms. The summed E-state index contributed by atoms with van der Waals surface area (Å²) in [6, 6.07) is 8.02. The van der Waals surface area contributed by atoms with E-state index >= 15 is 0 Å². The van der Waals surface area contributed by atoms with Crippen LogP contribution in [0.5, 0.6) is 0 Å². The molecule has 1 unspecified atom stereocenters. The van der Waals surface area contributed by atoms with Crippen molar-refractivity contribution in [1.82, 2.24) is 15.3 Å². The molecule has 0 saturated carbocycles. The van der Waals surface area contributed by atoms with Crippen LogP contribution in [0.2, 0.25) is 0 Å². The van der Waals surface area contributed by atoms with Crippen LogP contribution in [-0.2, 0) is 0 Å². The highest BCUT2D eigenvalue weighted by Gasteiger charge is 2.12. The van der Waals surface area contributed by atoms with Gasteiger partial charge in [-0.15, -0.1) is 0 Å². The maximum Gasteiger partial charge on any atom is 0.271 e. The maximum atomic E-state index is 11.9. The topological polar surface area (TPSA) is 54.9 Å². The fourth-order valence-electron chi connectivity index (χ4n) is 1.63. The van der Waals surface area contributed by atoms with E-state index in [2.05, 4.69) is 15.3 Å². The van der Waals surface area contributed by atoms with Crippen LogP contribution in [0.1, 0.15) is 34.6 Å². The fraction of sp³-hybridized carbons (Fsp3) is 0.214. The van der Waals surface area contributed by atoms with Gasteiger partial charge in [0.05, 0.1) is 12.2 Å². The molecule has 0 bridgehead atoms. The first-order valence-electron chi connectivity index (χ1n) is 5.80. The Labute approximate surface area is 106 Å². The van der Waals surface area contributed by atoms with Gasteiger partial charge in [-0.25, -0.2) is 4.98 Å². The van der Waals surface area contributed by atoms with Crippen molar-refractivity contribution in [1.29, 1.82) is 0 Å². The maximum absolute atomic E-state index is 11.9. The van der Waals surface area contributed by atoms with Gasteiger partial charge in [0.1, 0.15) is 5.69 Å². The van der Waals surface area contributed by atoms with Crippen LogP contribution in [0.4, 0.5) is 0 Å². The number of hydrogen-bond acceptors (Lipinski definition) is 3. The van der Waals surface area contributed by atoms with Crippen LogP contribution in [0.15, 0.2) is 42.9 Å². The number of aryl methyl sites for hydroxylation is 1. The lowest BCUT2D eigenvalue weighted by molar-refractivity contribution is 0.0934. The Hall–Kier alpha value is -2.23. The normalized spacial score (nSPS) is 11.9. The van der Waals surface area contributed by atoms with Gasteiger partial charge in [-0.3, -0.25) is 9.78 Å². The average molecular weight is 241 g/mol. The molecule has 1 aromatic carbocycles. The van der Waals surface area contributed by atoms with Gasteiger partial charge in [-0.1, -0.05) is 29.8 Å². The van der Waals surface area contributed by atoms with Gasteiger partial charge in [0.2, 0.25) is 0 Å². The molecule has 1 heterocycles. The van der Waals surface area contributed by atoms with Gasteiger partial charge in [0, 0.05) is 12.4 Å². The Balaban J connectivity index is 2.06. The van der Waals surface area contributed by atoms with E-state index in [4.69, 9.17) is 0 Å². The SMILES string of the molecule is Cc1ccc(C(C)NC(=O)c2cnccn2)cc1. The molecule has 1 N–H and O–H groups in total. The summed E-state index contributed by atoms with van der Waals surface area (Å²) in [4.78, 5) is 19.7. The second-order valence-electron chi connectivity index (χ2n) is 4.20. The Morgan fingerprint density at radius 3 is 2.56 bits per heavy atom. The molecular weight excluding hydrogens is 226 g/mol. The molecule has 2 rings (SSSR count). The highest BCUT2D eigenvalue weighted by atomic mass is 16.1. The van der Waals surface area contributed by atoms with Crippen LogP contribution < -0.4 is 5.32 Å². The van der Waals surface area contributed by atoms with Gasteiger partial charge in [0.25, 0.3) is 5.91 Å². The van der Waals surface area contributed by atoms with E-state index in [9.17, 15) is 4.79 Å². The number of amides is 1. The number of carbonyl (C=O) groups excluding carboxylic acids is 1. The predicted octanol–water partition coefficient (Wildman–Crippen LogP) is 2.28. The van der Waals surface area contributed by atoms with E-state index in [1.165, 1.54) is 18.0 Å². The minimum absolute atomic E-state index is 0.0555. The summed E-state index contributed by atoms with van der Waals surface area (Å²) in [6.07, 6.45) is 4.50. The van der Waals surface area contributed by atoms with Gasteiger partial charge < -0.3 is 5.32 Å². The quantitative estimate of drug-likeness (QED) is 0.896. The highest BCUT2D eigenvalue weighted by molar-refractivity contribution is 5.92. The van der Waals surface area contributed by atoms with Crippen molar-refractivity contribution in [3.05, 3.63) is 59.7 Å². The molecule has 2 aromatic rings. The van der Waals surface area contributed by atoms with Gasteiger partial charge >= 0.3 is 0 Å². The Kier molecular flexibility index (Phi) is 3.67. The second-order valence-corrected chi connectivity index (χ2v) is 4.20. The molecule has 0 aliphatic heterocycles. The lowest BCUT2D eigenvalue weighted by atomic mass is 10.1. The van der Waals surface area contributed by atoms with Crippen molar-refractivity contribution in [3.63, 3.8) is 0 Å². The third-order valence-electron chi connectivity index (χ3n) is 2.72. The fourth-order valence-corrected chi connectivity index (χ4v) is 1.63. The van der Waals surface area contributed by atoms with E-state index in [0.29, 0.717) is 5.69 Å². The average Bonchev–Trinajstić information content (AvgIpc) is 2.40. The summed E-state index contributed by atoms with van der Waals surface area (Å²) in [5, 5.41) is 2.89. The van der Waals surface area contributed by atoms with Crippen molar-refractivity contribution < 1.29 is 4.79 Å². The molecule has 4 nitrogen and oxygen atoms in total. The Morgan fingerprint density at radius 2 is 1.94 bits per heavy atom. The van der Waals surface area contributed by atoms with Crippen LogP contribution in [0.25, 0.3) is 0 Å². The monoisotopic (exact) mass is 241 g/mol. The van der Waals surface area contributed by atoms with Gasteiger partial charge in [-0.05, 0) is 19.4 Å². The lowest BCUT2D eigenvalue weighted by Gasteiger charge is -2.14. The summed E-state index contributed by atoms with van der Waals surface area (Å²) < 4.78 is 0. The second kappa shape index (κ2) is 5.40. The summed E-state index contributed by atoms with van der Waals surface area (Å²) in [5.74, 6) is -0.212. The van der Waals surface area contributed by atoms with Crippen LogP contribution >= 0.6 is 0 Å². The number of aromatic nitrogens is 2. The summed E-state index contributed by atoms with van der Waals surface area (Å²) in [6.45, 7) is 3.98. The largest absolute Gasteiger partial charge is 0.344 e. The van der Waals surface area contributed by atoms with E-state index < -0.39 is 0 Å². The van der Waals surface area contributed by atoms with E-state index in [1.807, 2.05) is 38.1 Å². The number of hydrogen-bond donors (Lipinski definition) is 1. The van der Waals surface area contributed by atoms with E-state index in [-0.39, 0.29) is 11.9 Å². The number of carbonyl (C=O) groups is 1. The molecule has 0 fully saturated rings. The first-order valence-corrected chi connectivity index (χ1v) is 5.80. The van der Waals surface area contributed by atoms with Crippen molar-refractivity contribution in [2.75, 3.05) is 0 Å². The van der Waals surface area contributed by atoms with E-state index in [0.717, 1.165) is 5.56 Å². The van der Waals surface area contributed by atoms with Gasteiger partial charge in [0.15, 0.2) is 0 Å². The number of benzene rings is 1. The molecule has 0 aliphatic rings. The molecule has 1 amide bonds. The summed E-state index contributed by atoms with van der Waals surface area (Å²) >= 11 is 0. The first kappa shape index (κ1) is 12.2. The van der Waals surface area contributed by atoms with Crippen molar-refractivity contribution in [3.8, 4) is 0 Å². The smallest absolute Gasteiger partial charge is 0.271 e. The third-order valence-corrected chi connectivity index (χ3v) is 2.72. The van der Waals surface area contributed by atoms with Crippen LogP contribution in [0, 0.1) is 6.92 Å². The molecule has 0 aliphatic carbocycles. The van der Waals surface area contributed by atoms with Crippen LogP contribution in [0.3, 0.4) is 0 Å². The minimum Gasteiger partial charge on any atom is -0.344 e. The van der Waals surface area contributed by atoms with Crippen LogP contribution in [-0.4, -0.2) is 15.9 Å². The Bertz CT molecular complexity index is 522. The summed E-state index contributed by atoms with van der Waals surface area (Å²) in [7, 11) is 0. The van der Waals surface area contributed by atoms with Crippen molar-refractivity contribution in [2.45, 2.75) is 19.9 Å². The zero-order valence-electron chi connectivity index (χ0n) is 10.4. The highest BCUT2D eigenvalue weighted by Crippen LogP contribution is 2.13. The van der Waals surface area contributed by atoms with Crippen molar-refractivity contribution in [2.24, 2.45) is 0 Å². The van der Waals surface area contributed by atoms with Crippen molar-refractivity contribution >= 4 is 5.91 Å². The summed E-state index contributed by atoms with van der Waals surface area (Å²) in [5.41, 5.74) is 2.60. The predicted molar refractivity (Wildman–Crippen MR) is 69.1 cm³/mol. The molecule has 0 spiro atoms. The molecule has 1 aromatic heterocycles. The number of nitrogens with zero attached hydrogens (tertiary/aromatic N) is 2. The Morgan fingerprint density at radius 1 is 1.22 bits per heavy atom.